The highest BCUT2D eigenvalue weighted by Crippen LogP contribution is 2.48. The molecule has 89 heavy (non-hydrogen) atoms. The molecular formula is C72H124N10O7. The molecule has 0 radical (unpaired) electrons. The number of rotatable bonds is 23. The molecule has 8 atom stereocenters. The third-order valence-electron chi connectivity index (χ3n) is 20.8. The number of carbonyl (C=O) groups excluding carboxylic acids is 3. The van der Waals surface area contributed by atoms with Crippen LogP contribution in [0.25, 0.3) is 17.3 Å². The van der Waals surface area contributed by atoms with Crippen molar-refractivity contribution in [3.63, 3.8) is 0 Å². The van der Waals surface area contributed by atoms with Gasteiger partial charge in [0.2, 0.25) is 0 Å². The number of hydrogen-bond donors (Lipinski definition) is 4. The van der Waals surface area contributed by atoms with Gasteiger partial charge in [-0.3, -0.25) is 24.4 Å². The van der Waals surface area contributed by atoms with E-state index in [-0.39, 0.29) is 59.3 Å². The first-order valence-corrected chi connectivity index (χ1v) is 35.0. The van der Waals surface area contributed by atoms with Crippen molar-refractivity contribution in [2.75, 3.05) is 110 Å². The largest absolute Gasteiger partial charge is 0.396 e. The number of fused-ring (bicyclic) bond motifs is 1. The molecule has 4 N–H and O–H groups in total. The van der Waals surface area contributed by atoms with Gasteiger partial charge in [-0.15, -0.1) is 0 Å². The molecule has 2 spiro atoms. The number of aliphatic hydroxyl groups excluding tert-OH is 2. The summed E-state index contributed by atoms with van der Waals surface area (Å²) in [4.78, 5) is 49.8. The summed E-state index contributed by atoms with van der Waals surface area (Å²) >= 11 is 0. The highest BCUT2D eigenvalue weighted by Gasteiger charge is 2.55. The number of allylic oxidation sites excluding steroid dienone is 1. The molecule has 1 amide bonds. The summed E-state index contributed by atoms with van der Waals surface area (Å²) in [5.41, 5.74) is 14.3. The van der Waals surface area contributed by atoms with Crippen molar-refractivity contribution in [3.05, 3.63) is 53.1 Å². The molecule has 17 heteroatoms. The molecule has 2 aromatic rings. The van der Waals surface area contributed by atoms with Crippen LogP contribution in [-0.4, -0.2) is 204 Å². The summed E-state index contributed by atoms with van der Waals surface area (Å²) in [6.07, 6.45) is 17.1. The average molecular weight is 1240 g/mol. The van der Waals surface area contributed by atoms with E-state index in [1.165, 1.54) is 91.7 Å². The fourth-order valence-corrected chi connectivity index (χ4v) is 15.1. The van der Waals surface area contributed by atoms with Gasteiger partial charge in [0.1, 0.15) is 18.2 Å². The number of carbonyl (C=O) groups is 3. The number of ketones is 1. The van der Waals surface area contributed by atoms with Crippen LogP contribution in [0.3, 0.4) is 0 Å². The van der Waals surface area contributed by atoms with Crippen LogP contribution in [0.5, 0.6) is 0 Å². The number of aldehydes is 1. The SMILES string of the molecule is C=C(C(C)C(C)CN1CC2(COC2)C1)N1CCCC(C)N1.CC.CC=O.CCC(O)C(=O)N1CC2(CCCN2C(C(C)=O)C(C)C)C1.CCNC1C=Cc2c(c(CC(C)(C)CC)c(-c3cc(N4CCN(C5CC5)CC4)cnc3C(C)OC)n2CC)C1CCO. The van der Waals surface area contributed by atoms with Crippen LogP contribution in [0.1, 0.15) is 203 Å². The second-order valence-electron chi connectivity index (χ2n) is 28.3. The van der Waals surface area contributed by atoms with Gasteiger partial charge in [-0.2, -0.15) is 0 Å². The summed E-state index contributed by atoms with van der Waals surface area (Å²) < 4.78 is 13.8. The van der Waals surface area contributed by atoms with Crippen molar-refractivity contribution in [1.82, 2.24) is 44.9 Å². The van der Waals surface area contributed by atoms with Crippen molar-refractivity contribution in [2.45, 2.75) is 229 Å². The Balaban J connectivity index is 0.000000225. The number of nitrogens with zero attached hydrogens (tertiary/aromatic N) is 8. The maximum Gasteiger partial charge on any atom is 0.251 e. The monoisotopic (exact) mass is 1240 g/mol. The van der Waals surface area contributed by atoms with Gasteiger partial charge in [-0.05, 0) is 146 Å². The number of ether oxygens (including phenoxy) is 2. The Kier molecular flexibility index (Phi) is 28.0. The van der Waals surface area contributed by atoms with E-state index in [0.29, 0.717) is 42.8 Å². The summed E-state index contributed by atoms with van der Waals surface area (Å²) in [7, 11) is 1.78. The van der Waals surface area contributed by atoms with Gasteiger partial charge < -0.3 is 54.1 Å². The zero-order chi connectivity index (χ0) is 65.5. The maximum absolute atomic E-state index is 12.0. The highest BCUT2D eigenvalue weighted by molar-refractivity contribution is 5.83. The van der Waals surface area contributed by atoms with Crippen LogP contribution >= 0.6 is 0 Å². The van der Waals surface area contributed by atoms with E-state index in [4.69, 9.17) is 19.3 Å². The van der Waals surface area contributed by atoms with Crippen LogP contribution in [0.15, 0.2) is 30.6 Å². The molecule has 6 aliphatic heterocycles. The molecule has 0 bridgehead atoms. The molecule has 10 rings (SSSR count). The first kappa shape index (κ1) is 74.0. The molecule has 2 aliphatic carbocycles. The molecule has 17 nitrogen and oxygen atoms in total. The standard InChI is InChI=1S/C35H55N5O2.C17H31N3O.C16H28N2O3.C2H4O.C2H6/c1-8-35(5,6)22-29-32-27(15-20-41)30(36-9-2)13-14-31(32)40(10-3)34(29)28-21-26(23-37-33(28)24(4)42-7)39-18-16-38(17-19-39)25-11-12-25;1-13(8-19-9-17(10-19)11-21-12-17)15(3)16(4)20-7-5-6-14(2)18-20;1-5-13(20)15(21)17-9-16(10-17)7-6-8-18(16)14(11(2)3)12(4)19;1-2-3;1-2/h13-14,21,23-25,27,30,36,41H,8-12,15-20,22H2,1-7H3;13-15,18H,4-12H2,1-3H3;11,13-14,20H,5-10H2,1-4H3;2H,1H3;1-2H3. The number of nitrogens with one attached hydrogen (secondary N) is 2. The minimum atomic E-state index is -0.883. The summed E-state index contributed by atoms with van der Waals surface area (Å²) in [5.74, 6) is 1.72. The molecular weight excluding hydrogens is 1120 g/mol. The zero-order valence-corrected chi connectivity index (χ0v) is 58.8. The molecule has 6 saturated heterocycles. The number of pyridine rings is 1. The Labute approximate surface area is 539 Å². The molecule has 8 aliphatic rings. The predicted octanol–water partition coefficient (Wildman–Crippen LogP) is 10.4. The summed E-state index contributed by atoms with van der Waals surface area (Å²) in [6, 6.07) is 3.96. The van der Waals surface area contributed by atoms with Gasteiger partial charge in [0.05, 0.1) is 54.2 Å². The summed E-state index contributed by atoms with van der Waals surface area (Å²) in [6.45, 7) is 53.3. The lowest BCUT2D eigenvalue weighted by Crippen LogP contribution is -2.72. The molecule has 0 aromatic carbocycles. The van der Waals surface area contributed by atoms with E-state index in [1.54, 1.807) is 18.9 Å². The van der Waals surface area contributed by atoms with E-state index in [1.807, 2.05) is 20.8 Å². The maximum atomic E-state index is 12.0. The number of anilines is 1. The lowest BCUT2D eigenvalue weighted by atomic mass is 9.76. The van der Waals surface area contributed by atoms with Crippen molar-refractivity contribution >= 4 is 29.7 Å². The van der Waals surface area contributed by atoms with Crippen LogP contribution in [-0.2, 0) is 36.8 Å². The minimum Gasteiger partial charge on any atom is -0.396 e. The van der Waals surface area contributed by atoms with Gasteiger partial charge in [0.15, 0.2) is 0 Å². The number of Topliss-reactive ketones (excluding diaryl/α,β-unsaturated/α-hetero) is 1. The quantitative estimate of drug-likeness (QED) is 0.0775. The number of hydrogen-bond acceptors (Lipinski definition) is 15. The molecule has 8 heterocycles. The third-order valence-corrected chi connectivity index (χ3v) is 20.8. The number of likely N-dealkylation sites (tertiary alicyclic amines) is 3. The lowest BCUT2D eigenvalue weighted by molar-refractivity contribution is -0.191. The van der Waals surface area contributed by atoms with Crippen molar-refractivity contribution < 1.29 is 34.1 Å². The van der Waals surface area contributed by atoms with Gasteiger partial charge in [0.25, 0.3) is 5.91 Å². The number of amides is 1. The van der Waals surface area contributed by atoms with E-state index < -0.39 is 6.10 Å². The molecule has 2 aromatic heterocycles. The van der Waals surface area contributed by atoms with Gasteiger partial charge >= 0.3 is 0 Å². The van der Waals surface area contributed by atoms with E-state index in [2.05, 4.69) is 147 Å². The van der Waals surface area contributed by atoms with E-state index in [9.17, 15) is 19.8 Å². The Morgan fingerprint density at radius 3 is 2.17 bits per heavy atom. The normalized spacial score (nSPS) is 23.7. The first-order chi connectivity index (χ1) is 42.5. The smallest absolute Gasteiger partial charge is 0.251 e. The predicted molar refractivity (Wildman–Crippen MR) is 364 cm³/mol. The number of likely N-dealkylation sites (N-methyl/N-ethyl adjacent to an activating group) is 1. The topological polar surface area (TPSA) is 171 Å². The van der Waals surface area contributed by atoms with Crippen molar-refractivity contribution in [1.29, 1.82) is 0 Å². The second-order valence-corrected chi connectivity index (χ2v) is 28.3. The fourth-order valence-electron chi connectivity index (χ4n) is 15.1. The zero-order valence-electron chi connectivity index (χ0n) is 58.8. The molecule has 504 valence electrons. The van der Waals surface area contributed by atoms with E-state index >= 15 is 0 Å². The van der Waals surface area contributed by atoms with Crippen LogP contribution in [0, 0.1) is 28.6 Å². The number of methoxy groups -OCH3 is 1. The van der Waals surface area contributed by atoms with Gasteiger partial charge in [-0.25, -0.2) is 5.43 Å². The van der Waals surface area contributed by atoms with Crippen molar-refractivity contribution in [3.8, 4) is 11.3 Å². The number of piperazine rings is 1. The minimum absolute atomic E-state index is 0.0380. The van der Waals surface area contributed by atoms with Crippen LogP contribution in [0.2, 0.25) is 0 Å². The van der Waals surface area contributed by atoms with Gasteiger partial charge in [0, 0.05) is 138 Å². The first-order valence-electron chi connectivity index (χ1n) is 35.0. The van der Waals surface area contributed by atoms with Crippen LogP contribution < -0.4 is 15.6 Å². The third kappa shape index (κ3) is 17.8. The molecule has 7 fully saturated rings. The van der Waals surface area contributed by atoms with Gasteiger partial charge in [-0.1, -0.05) is 95.2 Å². The Morgan fingerprint density at radius 1 is 0.978 bits per heavy atom. The molecule has 1 saturated carbocycles. The average Bonchev–Trinajstić information content (AvgIpc) is 1.82. The van der Waals surface area contributed by atoms with E-state index in [0.717, 1.165) is 116 Å². The molecule has 8 unspecified atom stereocenters. The Morgan fingerprint density at radius 2 is 1.64 bits per heavy atom. The van der Waals surface area contributed by atoms with Crippen LogP contribution in [0.4, 0.5) is 5.69 Å². The summed E-state index contributed by atoms with van der Waals surface area (Å²) in [5, 5.41) is 25.9. The van der Waals surface area contributed by atoms with Crippen molar-refractivity contribution in [2.24, 2.45) is 28.6 Å². The highest BCUT2D eigenvalue weighted by atomic mass is 16.5. The Bertz CT molecular complexity index is 2590. The number of aromatic nitrogens is 2. The number of hydrazine groups is 1. The number of aliphatic hydroxyl groups is 2. The fraction of sp³-hybridized carbons (Fsp3) is 0.778. The lowest BCUT2D eigenvalue weighted by Gasteiger charge is -2.56. The Hall–Kier alpha value is -4.04. The second kappa shape index (κ2) is 33.7.